The Morgan fingerprint density at radius 3 is 1.88 bits per heavy atom. The zero-order chi connectivity index (χ0) is 6.78. The van der Waals surface area contributed by atoms with Gasteiger partial charge in [0, 0.05) is 0 Å². The van der Waals surface area contributed by atoms with Crippen molar-refractivity contribution in [1.82, 2.24) is 0 Å². The molecule has 0 aromatic heterocycles. The van der Waals surface area contributed by atoms with Crippen molar-refractivity contribution in [3.05, 3.63) is 0 Å². The first-order valence-corrected chi connectivity index (χ1v) is 3.19. The van der Waals surface area contributed by atoms with E-state index in [0.717, 1.165) is 0 Å². The lowest BCUT2D eigenvalue weighted by Gasteiger charge is -2.11. The van der Waals surface area contributed by atoms with Crippen LogP contribution in [0.15, 0.2) is 0 Å². The Balaban J connectivity index is 3.82. The minimum absolute atomic E-state index is 0.182. The Morgan fingerprint density at radius 1 is 1.50 bits per heavy atom. The first-order valence-electron chi connectivity index (χ1n) is 2.31. The van der Waals surface area contributed by atoms with Crippen LogP contribution in [-0.2, 0) is 7.86 Å². The first-order chi connectivity index (χ1) is 3.48. The Hall–Kier alpha value is 0.200. The lowest BCUT2D eigenvalue weighted by atomic mass is 9.98. The second-order valence-corrected chi connectivity index (χ2v) is 3.06. The van der Waals surface area contributed by atoms with Gasteiger partial charge in [-0.1, -0.05) is 0 Å². The molecule has 48 valence electrons. The van der Waals surface area contributed by atoms with Gasteiger partial charge < -0.3 is 3.07 Å². The molecule has 0 fully saturated rings. The van der Waals surface area contributed by atoms with Crippen LogP contribution in [0.25, 0.3) is 0 Å². The summed E-state index contributed by atoms with van der Waals surface area (Å²) in [5, 5.41) is 0. The van der Waals surface area contributed by atoms with Crippen LogP contribution in [0.3, 0.4) is 0 Å². The normalized spacial score (nSPS) is 11.0. The van der Waals surface area contributed by atoms with Gasteiger partial charge in [0.25, 0.3) is 0 Å². The van der Waals surface area contributed by atoms with Gasteiger partial charge >= 0.3 is 5.97 Å². The molecule has 0 bridgehead atoms. The zero-order valence-corrected chi connectivity index (χ0v) is 7.35. The van der Waals surface area contributed by atoms with E-state index < -0.39 is 0 Å². The van der Waals surface area contributed by atoms with E-state index in [-0.39, 0.29) is 11.4 Å². The quantitative estimate of drug-likeness (QED) is 0.592. The van der Waals surface area contributed by atoms with Crippen molar-refractivity contribution in [2.24, 2.45) is 5.41 Å². The summed E-state index contributed by atoms with van der Waals surface area (Å²) < 4.78 is 4.45. The van der Waals surface area contributed by atoms with Gasteiger partial charge in [-0.15, -0.1) is 0 Å². The summed E-state index contributed by atoms with van der Waals surface area (Å²) >= 11 is 1.59. The fraction of sp³-hybridized carbons (Fsp3) is 0.800. The van der Waals surface area contributed by atoms with Crippen LogP contribution in [0.1, 0.15) is 20.8 Å². The fourth-order valence-corrected chi connectivity index (χ4v) is 0.776. The second kappa shape index (κ2) is 2.66. The minimum Gasteiger partial charge on any atom is -0.394 e. The summed E-state index contributed by atoms with van der Waals surface area (Å²) in [6.45, 7) is 5.44. The molecule has 0 heterocycles. The molecule has 0 saturated heterocycles. The van der Waals surface area contributed by atoms with E-state index in [2.05, 4.69) is 3.07 Å². The Labute approximate surface area is 63.3 Å². The molecule has 0 aliphatic carbocycles. The molecular formula is C5H9IO2. The number of carbonyl (C=O) groups excluding carboxylic acids is 1. The third-order valence-electron chi connectivity index (χ3n) is 0.682. The molecule has 0 amide bonds. The summed E-state index contributed by atoms with van der Waals surface area (Å²) in [6.07, 6.45) is 0. The molecule has 0 aromatic rings. The van der Waals surface area contributed by atoms with Gasteiger partial charge in [0.2, 0.25) is 0 Å². The van der Waals surface area contributed by atoms with E-state index in [4.69, 9.17) is 0 Å². The molecule has 0 radical (unpaired) electrons. The minimum atomic E-state index is -0.360. The molecule has 0 aliphatic heterocycles. The maximum Gasteiger partial charge on any atom is 0.320 e. The van der Waals surface area contributed by atoms with E-state index in [0.29, 0.717) is 0 Å². The zero-order valence-electron chi connectivity index (χ0n) is 5.19. The van der Waals surface area contributed by atoms with Crippen LogP contribution in [0.4, 0.5) is 0 Å². The summed E-state index contributed by atoms with van der Waals surface area (Å²) in [5.41, 5.74) is -0.360. The van der Waals surface area contributed by atoms with E-state index >= 15 is 0 Å². The number of carbonyl (C=O) groups is 1. The largest absolute Gasteiger partial charge is 0.394 e. The van der Waals surface area contributed by atoms with Crippen molar-refractivity contribution >= 4 is 29.0 Å². The summed E-state index contributed by atoms with van der Waals surface area (Å²) in [4.78, 5) is 10.6. The smallest absolute Gasteiger partial charge is 0.320 e. The van der Waals surface area contributed by atoms with Crippen LogP contribution in [0.2, 0.25) is 0 Å². The highest BCUT2D eigenvalue weighted by Gasteiger charge is 2.21. The Bertz CT molecular complexity index is 93.1. The van der Waals surface area contributed by atoms with Gasteiger partial charge in [0.1, 0.15) is 0 Å². The molecule has 0 spiro atoms. The van der Waals surface area contributed by atoms with Crippen LogP contribution in [0, 0.1) is 5.41 Å². The third kappa shape index (κ3) is 2.49. The van der Waals surface area contributed by atoms with E-state index in [1.54, 1.807) is 23.0 Å². The maximum atomic E-state index is 10.6. The molecule has 0 N–H and O–H groups in total. The predicted molar refractivity (Wildman–Crippen MR) is 39.6 cm³/mol. The SMILES string of the molecule is CC(C)(C)C(=O)OI. The molecule has 2 nitrogen and oxygen atoms in total. The number of hydrogen-bond acceptors (Lipinski definition) is 2. The standard InChI is InChI=1S/C5H9IO2/c1-5(2,3)4(7)8-6/h1-3H3. The van der Waals surface area contributed by atoms with Crippen LogP contribution >= 0.6 is 23.0 Å². The van der Waals surface area contributed by atoms with Crippen molar-refractivity contribution < 1.29 is 7.86 Å². The van der Waals surface area contributed by atoms with E-state index in [9.17, 15) is 4.79 Å². The maximum absolute atomic E-state index is 10.6. The lowest BCUT2D eigenvalue weighted by Crippen LogP contribution is -2.19. The predicted octanol–water partition coefficient (Wildman–Crippen LogP) is 1.93. The van der Waals surface area contributed by atoms with Gasteiger partial charge in [0.15, 0.2) is 23.0 Å². The van der Waals surface area contributed by atoms with Crippen LogP contribution in [0.5, 0.6) is 0 Å². The van der Waals surface area contributed by atoms with Crippen molar-refractivity contribution in [2.75, 3.05) is 0 Å². The van der Waals surface area contributed by atoms with E-state index in [1.807, 2.05) is 20.8 Å². The summed E-state index contributed by atoms with van der Waals surface area (Å²) in [5.74, 6) is -0.182. The van der Waals surface area contributed by atoms with Crippen molar-refractivity contribution in [2.45, 2.75) is 20.8 Å². The number of hydrogen-bond donors (Lipinski definition) is 0. The van der Waals surface area contributed by atoms with Gasteiger partial charge in [0.05, 0.1) is 5.41 Å². The summed E-state index contributed by atoms with van der Waals surface area (Å²) in [6, 6.07) is 0. The highest BCUT2D eigenvalue weighted by molar-refractivity contribution is 14.1. The lowest BCUT2D eigenvalue weighted by molar-refractivity contribution is -0.139. The molecular weight excluding hydrogens is 219 g/mol. The highest BCUT2D eigenvalue weighted by atomic mass is 127. The van der Waals surface area contributed by atoms with Crippen molar-refractivity contribution in [3.8, 4) is 0 Å². The second-order valence-electron chi connectivity index (χ2n) is 2.61. The average Bonchev–Trinajstić information content (AvgIpc) is 1.62. The number of rotatable bonds is 0. The highest BCUT2D eigenvalue weighted by Crippen LogP contribution is 2.16. The Morgan fingerprint density at radius 2 is 1.88 bits per heavy atom. The van der Waals surface area contributed by atoms with Crippen molar-refractivity contribution in [3.63, 3.8) is 0 Å². The molecule has 0 atom stereocenters. The fourth-order valence-electron chi connectivity index (χ4n) is 0.116. The number of halogens is 1. The van der Waals surface area contributed by atoms with Gasteiger partial charge in [-0.05, 0) is 20.8 Å². The third-order valence-corrected chi connectivity index (χ3v) is 1.08. The first kappa shape index (κ1) is 8.20. The molecule has 0 aromatic carbocycles. The van der Waals surface area contributed by atoms with Gasteiger partial charge in [-0.3, -0.25) is 4.79 Å². The van der Waals surface area contributed by atoms with Crippen LogP contribution < -0.4 is 0 Å². The molecule has 0 aliphatic rings. The molecule has 8 heavy (non-hydrogen) atoms. The molecule has 0 saturated carbocycles. The monoisotopic (exact) mass is 228 g/mol. The van der Waals surface area contributed by atoms with E-state index in [1.165, 1.54) is 0 Å². The van der Waals surface area contributed by atoms with Crippen molar-refractivity contribution in [1.29, 1.82) is 0 Å². The summed E-state index contributed by atoms with van der Waals surface area (Å²) in [7, 11) is 0. The van der Waals surface area contributed by atoms with Gasteiger partial charge in [-0.25, -0.2) is 0 Å². The Kier molecular flexibility index (Phi) is 2.73. The van der Waals surface area contributed by atoms with Gasteiger partial charge in [-0.2, -0.15) is 0 Å². The molecule has 0 rings (SSSR count). The molecule has 3 heteroatoms. The molecule has 0 unspecified atom stereocenters. The topological polar surface area (TPSA) is 26.3 Å². The van der Waals surface area contributed by atoms with Crippen LogP contribution in [-0.4, -0.2) is 5.97 Å². The average molecular weight is 228 g/mol.